The van der Waals surface area contributed by atoms with Gasteiger partial charge in [-0.25, -0.2) is 0 Å². The molecular formula is C15H27N3O. The highest BCUT2D eigenvalue weighted by molar-refractivity contribution is 5.82. The van der Waals surface area contributed by atoms with Crippen molar-refractivity contribution in [3.63, 3.8) is 0 Å². The minimum absolute atomic E-state index is 0.150. The number of nitrogens with zero attached hydrogens (tertiary/aromatic N) is 1. The molecule has 0 radical (unpaired) electrons. The van der Waals surface area contributed by atoms with Crippen molar-refractivity contribution in [3.05, 3.63) is 0 Å². The maximum absolute atomic E-state index is 12.4. The number of rotatable bonds is 4. The quantitative estimate of drug-likeness (QED) is 0.796. The summed E-state index contributed by atoms with van der Waals surface area (Å²) >= 11 is 0. The molecule has 4 heteroatoms. The first-order valence-electron chi connectivity index (χ1n) is 8.00. The summed E-state index contributed by atoms with van der Waals surface area (Å²) in [7, 11) is 0. The van der Waals surface area contributed by atoms with Crippen LogP contribution in [0.15, 0.2) is 0 Å². The average molecular weight is 265 g/mol. The van der Waals surface area contributed by atoms with Crippen LogP contribution in [-0.4, -0.2) is 49.1 Å². The molecule has 0 aromatic heterocycles. The molecule has 19 heavy (non-hydrogen) atoms. The van der Waals surface area contributed by atoms with Gasteiger partial charge in [0.2, 0.25) is 5.91 Å². The van der Waals surface area contributed by atoms with Crippen LogP contribution in [0.5, 0.6) is 0 Å². The van der Waals surface area contributed by atoms with Gasteiger partial charge < -0.3 is 10.6 Å². The van der Waals surface area contributed by atoms with Crippen molar-refractivity contribution in [2.75, 3.05) is 26.2 Å². The summed E-state index contributed by atoms with van der Waals surface area (Å²) in [5.41, 5.74) is 0. The van der Waals surface area contributed by atoms with E-state index in [1.807, 2.05) is 0 Å². The molecule has 0 bridgehead atoms. The van der Waals surface area contributed by atoms with Crippen LogP contribution in [0.4, 0.5) is 0 Å². The van der Waals surface area contributed by atoms with Crippen molar-refractivity contribution in [2.45, 2.75) is 51.1 Å². The van der Waals surface area contributed by atoms with Crippen molar-refractivity contribution in [2.24, 2.45) is 11.8 Å². The zero-order valence-electron chi connectivity index (χ0n) is 12.0. The highest BCUT2D eigenvalue weighted by Gasteiger charge is 2.37. The fourth-order valence-corrected chi connectivity index (χ4v) is 3.68. The van der Waals surface area contributed by atoms with Crippen molar-refractivity contribution >= 4 is 5.91 Å². The van der Waals surface area contributed by atoms with Gasteiger partial charge in [-0.15, -0.1) is 0 Å². The number of piperidine rings is 1. The molecule has 3 unspecified atom stereocenters. The Morgan fingerprint density at radius 2 is 2.05 bits per heavy atom. The Bertz CT molecular complexity index is 327. The number of likely N-dealkylation sites (tertiary alicyclic amines) is 1. The van der Waals surface area contributed by atoms with Crippen LogP contribution in [0.2, 0.25) is 0 Å². The van der Waals surface area contributed by atoms with E-state index in [-0.39, 0.29) is 11.9 Å². The van der Waals surface area contributed by atoms with Crippen LogP contribution >= 0.6 is 0 Å². The number of hydrogen-bond donors (Lipinski definition) is 2. The van der Waals surface area contributed by atoms with E-state index in [0.29, 0.717) is 6.04 Å². The van der Waals surface area contributed by atoms with Gasteiger partial charge >= 0.3 is 0 Å². The lowest BCUT2D eigenvalue weighted by Crippen LogP contribution is -2.51. The van der Waals surface area contributed by atoms with Crippen LogP contribution in [0.1, 0.15) is 39.0 Å². The van der Waals surface area contributed by atoms with Gasteiger partial charge in [-0.2, -0.15) is 0 Å². The lowest BCUT2D eigenvalue weighted by molar-refractivity contribution is -0.126. The highest BCUT2D eigenvalue weighted by atomic mass is 16.2. The minimum atomic E-state index is 0.150. The summed E-state index contributed by atoms with van der Waals surface area (Å²) < 4.78 is 0. The van der Waals surface area contributed by atoms with Gasteiger partial charge in [0.15, 0.2) is 0 Å². The molecule has 1 amide bonds. The van der Waals surface area contributed by atoms with Crippen molar-refractivity contribution in [1.29, 1.82) is 0 Å². The lowest BCUT2D eigenvalue weighted by atomic mass is 10.0. The average Bonchev–Trinajstić information content (AvgIpc) is 2.94. The Hall–Kier alpha value is -0.610. The number of carbonyl (C=O) groups is 1. The second kappa shape index (κ2) is 5.80. The molecule has 1 saturated carbocycles. The standard InChI is InChI=1S/C15H27N3O/c1-11-9-12(11)10-17-15(19)14-3-2-8-18(14)13-4-6-16-7-5-13/h11-14,16H,2-10H2,1H3,(H,17,19). The first-order valence-corrected chi connectivity index (χ1v) is 8.00. The van der Waals surface area contributed by atoms with Gasteiger partial charge in [-0.3, -0.25) is 9.69 Å². The van der Waals surface area contributed by atoms with Gasteiger partial charge in [-0.1, -0.05) is 6.92 Å². The van der Waals surface area contributed by atoms with E-state index in [1.165, 1.54) is 25.7 Å². The van der Waals surface area contributed by atoms with E-state index >= 15 is 0 Å². The van der Waals surface area contributed by atoms with E-state index < -0.39 is 0 Å². The van der Waals surface area contributed by atoms with E-state index in [1.54, 1.807) is 0 Å². The fourth-order valence-electron chi connectivity index (χ4n) is 3.68. The first kappa shape index (κ1) is 13.4. The monoisotopic (exact) mass is 265 g/mol. The Morgan fingerprint density at radius 1 is 1.32 bits per heavy atom. The molecule has 3 fully saturated rings. The molecule has 0 spiro atoms. The largest absolute Gasteiger partial charge is 0.354 e. The fraction of sp³-hybridized carbons (Fsp3) is 0.933. The predicted octanol–water partition coefficient (Wildman–Crippen LogP) is 0.975. The zero-order chi connectivity index (χ0) is 13.2. The molecule has 2 aliphatic heterocycles. The van der Waals surface area contributed by atoms with E-state index in [4.69, 9.17) is 0 Å². The number of nitrogens with one attached hydrogen (secondary N) is 2. The highest BCUT2D eigenvalue weighted by Crippen LogP contribution is 2.36. The minimum Gasteiger partial charge on any atom is -0.354 e. The maximum Gasteiger partial charge on any atom is 0.237 e. The molecule has 1 aliphatic carbocycles. The third kappa shape index (κ3) is 3.11. The van der Waals surface area contributed by atoms with Crippen molar-refractivity contribution < 1.29 is 4.79 Å². The molecule has 4 nitrogen and oxygen atoms in total. The van der Waals surface area contributed by atoms with Crippen molar-refractivity contribution in [3.8, 4) is 0 Å². The Labute approximate surface area is 116 Å². The second-order valence-corrected chi connectivity index (χ2v) is 6.60. The third-order valence-corrected chi connectivity index (χ3v) is 5.19. The molecule has 2 heterocycles. The summed E-state index contributed by atoms with van der Waals surface area (Å²) in [6.07, 6.45) is 5.92. The van der Waals surface area contributed by atoms with Gasteiger partial charge in [0.25, 0.3) is 0 Å². The molecule has 3 atom stereocenters. The summed E-state index contributed by atoms with van der Waals surface area (Å²) in [5, 5.41) is 6.60. The Morgan fingerprint density at radius 3 is 2.74 bits per heavy atom. The topological polar surface area (TPSA) is 44.4 Å². The van der Waals surface area contributed by atoms with Gasteiger partial charge in [0, 0.05) is 12.6 Å². The summed E-state index contributed by atoms with van der Waals surface area (Å²) in [6.45, 7) is 6.50. The molecule has 0 aromatic carbocycles. The molecular weight excluding hydrogens is 238 g/mol. The third-order valence-electron chi connectivity index (χ3n) is 5.19. The molecule has 108 valence electrons. The normalized spacial score (nSPS) is 36.4. The van der Waals surface area contributed by atoms with E-state index in [2.05, 4.69) is 22.5 Å². The maximum atomic E-state index is 12.4. The summed E-state index contributed by atoms with van der Waals surface area (Å²) in [5.74, 6) is 1.86. The number of carbonyl (C=O) groups excluding carboxylic acids is 1. The van der Waals surface area contributed by atoms with Gasteiger partial charge in [0.1, 0.15) is 0 Å². The second-order valence-electron chi connectivity index (χ2n) is 6.60. The molecule has 2 N–H and O–H groups in total. The van der Waals surface area contributed by atoms with Crippen LogP contribution in [0, 0.1) is 11.8 Å². The van der Waals surface area contributed by atoms with Crippen LogP contribution in [0.3, 0.4) is 0 Å². The Kier molecular flexibility index (Phi) is 4.08. The first-order chi connectivity index (χ1) is 9.25. The van der Waals surface area contributed by atoms with Crippen molar-refractivity contribution in [1.82, 2.24) is 15.5 Å². The predicted molar refractivity (Wildman–Crippen MR) is 75.9 cm³/mol. The molecule has 3 rings (SSSR count). The molecule has 0 aromatic rings. The van der Waals surface area contributed by atoms with E-state index in [9.17, 15) is 4.79 Å². The zero-order valence-corrected chi connectivity index (χ0v) is 12.0. The molecule has 3 aliphatic rings. The van der Waals surface area contributed by atoms with E-state index in [0.717, 1.165) is 44.4 Å². The summed E-state index contributed by atoms with van der Waals surface area (Å²) in [6, 6.07) is 0.775. The summed E-state index contributed by atoms with van der Waals surface area (Å²) in [4.78, 5) is 14.8. The van der Waals surface area contributed by atoms with Gasteiger partial charge in [0.05, 0.1) is 6.04 Å². The number of amides is 1. The Balaban J connectivity index is 1.51. The van der Waals surface area contributed by atoms with Gasteiger partial charge in [-0.05, 0) is 63.6 Å². The lowest BCUT2D eigenvalue weighted by Gasteiger charge is -2.35. The number of hydrogen-bond acceptors (Lipinski definition) is 3. The molecule has 2 saturated heterocycles. The van der Waals surface area contributed by atoms with Crippen LogP contribution in [-0.2, 0) is 4.79 Å². The smallest absolute Gasteiger partial charge is 0.237 e. The van der Waals surface area contributed by atoms with Crippen LogP contribution in [0.25, 0.3) is 0 Å². The SMILES string of the molecule is CC1CC1CNC(=O)C1CCCN1C1CCNCC1. The van der Waals surface area contributed by atoms with Crippen LogP contribution < -0.4 is 10.6 Å².